The first-order valence-electron chi connectivity index (χ1n) is 6.86. The second-order valence-corrected chi connectivity index (χ2v) is 5.88. The molecule has 2 aliphatic carbocycles. The molecule has 0 bridgehead atoms. The Bertz CT molecular complexity index is 217. The maximum absolute atomic E-state index is 3.97. The minimum absolute atomic E-state index is 0.676. The van der Waals surface area contributed by atoms with Gasteiger partial charge in [0.15, 0.2) is 0 Å². The predicted molar refractivity (Wildman–Crippen MR) is 63.0 cm³/mol. The highest BCUT2D eigenvalue weighted by atomic mass is 15.0. The van der Waals surface area contributed by atoms with Crippen LogP contribution in [-0.2, 0) is 0 Å². The summed E-state index contributed by atoms with van der Waals surface area (Å²) in [4.78, 5) is 0. The summed E-state index contributed by atoms with van der Waals surface area (Å²) in [5.41, 5.74) is 0.676. The summed E-state index contributed by atoms with van der Waals surface area (Å²) in [6.45, 7) is 2.50. The smallest absolute Gasteiger partial charge is 0.0150 e. The molecule has 3 rings (SSSR count). The maximum atomic E-state index is 3.97. The van der Waals surface area contributed by atoms with Gasteiger partial charge in [-0.1, -0.05) is 19.3 Å². The molecule has 0 radical (unpaired) electrons. The molecule has 2 nitrogen and oxygen atoms in total. The summed E-state index contributed by atoms with van der Waals surface area (Å²) >= 11 is 0. The van der Waals surface area contributed by atoms with Crippen LogP contribution in [0.25, 0.3) is 0 Å². The molecule has 15 heavy (non-hydrogen) atoms. The molecule has 3 aliphatic rings. The first-order valence-corrected chi connectivity index (χ1v) is 6.86. The van der Waals surface area contributed by atoms with Gasteiger partial charge in [0, 0.05) is 18.6 Å². The normalized spacial score (nSPS) is 35.6. The molecule has 1 unspecified atom stereocenters. The number of rotatable bonds is 2. The maximum Gasteiger partial charge on any atom is 0.0150 e. The van der Waals surface area contributed by atoms with E-state index in [1.165, 1.54) is 64.5 Å². The third kappa shape index (κ3) is 2.07. The van der Waals surface area contributed by atoms with Crippen LogP contribution in [0.5, 0.6) is 0 Å². The third-order valence-corrected chi connectivity index (χ3v) is 4.76. The zero-order chi connectivity index (χ0) is 10.1. The highest BCUT2D eigenvalue weighted by Gasteiger charge is 2.50. The molecule has 86 valence electrons. The quantitative estimate of drug-likeness (QED) is 0.726. The van der Waals surface area contributed by atoms with E-state index in [0.29, 0.717) is 5.41 Å². The molecule has 2 saturated carbocycles. The second kappa shape index (κ2) is 4.06. The molecule has 0 aromatic rings. The molecule has 2 N–H and O–H groups in total. The van der Waals surface area contributed by atoms with E-state index in [9.17, 15) is 0 Å². The summed E-state index contributed by atoms with van der Waals surface area (Å²) in [6, 6.07) is 1.68. The molecule has 1 atom stereocenters. The zero-order valence-electron chi connectivity index (χ0n) is 9.73. The summed E-state index contributed by atoms with van der Waals surface area (Å²) < 4.78 is 0. The number of hydrogen-bond donors (Lipinski definition) is 2. The van der Waals surface area contributed by atoms with E-state index in [1.54, 1.807) is 0 Å². The van der Waals surface area contributed by atoms with Crippen LogP contribution in [-0.4, -0.2) is 25.2 Å². The van der Waals surface area contributed by atoms with Gasteiger partial charge in [0.05, 0.1) is 0 Å². The first-order chi connectivity index (χ1) is 7.39. The van der Waals surface area contributed by atoms with Crippen molar-refractivity contribution in [1.29, 1.82) is 0 Å². The van der Waals surface area contributed by atoms with Gasteiger partial charge in [0.1, 0.15) is 0 Å². The van der Waals surface area contributed by atoms with E-state index in [2.05, 4.69) is 10.6 Å². The van der Waals surface area contributed by atoms with Gasteiger partial charge in [-0.3, -0.25) is 0 Å². The molecular formula is C13H24N2. The SMILES string of the molecule is C1CCC(NC2CCNCC23CC3)CC1. The minimum atomic E-state index is 0.676. The fourth-order valence-electron chi connectivity index (χ4n) is 3.51. The second-order valence-electron chi connectivity index (χ2n) is 5.88. The van der Waals surface area contributed by atoms with Crippen molar-refractivity contribution in [3.05, 3.63) is 0 Å². The molecule has 1 saturated heterocycles. The third-order valence-electron chi connectivity index (χ3n) is 4.76. The average molecular weight is 208 g/mol. The Balaban J connectivity index is 1.56. The highest BCUT2D eigenvalue weighted by Crippen LogP contribution is 2.50. The van der Waals surface area contributed by atoms with Crippen molar-refractivity contribution in [3.8, 4) is 0 Å². The van der Waals surface area contributed by atoms with Crippen molar-refractivity contribution in [3.63, 3.8) is 0 Å². The lowest BCUT2D eigenvalue weighted by atomic mass is 9.87. The van der Waals surface area contributed by atoms with Crippen molar-refractivity contribution in [1.82, 2.24) is 10.6 Å². The van der Waals surface area contributed by atoms with E-state index in [1.807, 2.05) is 0 Å². The predicted octanol–water partition coefficient (Wildman–Crippen LogP) is 2.05. The van der Waals surface area contributed by atoms with E-state index in [0.717, 1.165) is 12.1 Å². The lowest BCUT2D eigenvalue weighted by Gasteiger charge is -2.37. The first kappa shape index (κ1) is 10.1. The monoisotopic (exact) mass is 208 g/mol. The Hall–Kier alpha value is -0.0800. The minimum Gasteiger partial charge on any atom is -0.316 e. The van der Waals surface area contributed by atoms with Crippen LogP contribution in [0.3, 0.4) is 0 Å². The van der Waals surface area contributed by atoms with Gasteiger partial charge in [-0.25, -0.2) is 0 Å². The Morgan fingerprint density at radius 1 is 1.00 bits per heavy atom. The van der Waals surface area contributed by atoms with Crippen molar-refractivity contribution in [2.24, 2.45) is 5.41 Å². The van der Waals surface area contributed by atoms with Crippen molar-refractivity contribution >= 4 is 0 Å². The molecule has 0 aromatic carbocycles. The van der Waals surface area contributed by atoms with E-state index in [-0.39, 0.29) is 0 Å². The Kier molecular flexibility index (Phi) is 2.73. The Morgan fingerprint density at radius 2 is 1.80 bits per heavy atom. The van der Waals surface area contributed by atoms with Crippen molar-refractivity contribution in [2.75, 3.05) is 13.1 Å². The summed E-state index contributed by atoms with van der Waals surface area (Å²) in [6.07, 6.45) is 11.5. The van der Waals surface area contributed by atoms with Crippen LogP contribution in [0.1, 0.15) is 51.4 Å². The van der Waals surface area contributed by atoms with Crippen LogP contribution in [0.15, 0.2) is 0 Å². The van der Waals surface area contributed by atoms with Crippen molar-refractivity contribution < 1.29 is 0 Å². The van der Waals surface area contributed by atoms with Crippen LogP contribution < -0.4 is 10.6 Å². The topological polar surface area (TPSA) is 24.1 Å². The lowest BCUT2D eigenvalue weighted by molar-refractivity contribution is 0.218. The molecular weight excluding hydrogens is 184 g/mol. The number of piperidine rings is 1. The van der Waals surface area contributed by atoms with Gasteiger partial charge < -0.3 is 10.6 Å². The van der Waals surface area contributed by atoms with E-state index in [4.69, 9.17) is 0 Å². The highest BCUT2D eigenvalue weighted by molar-refractivity contribution is 5.06. The van der Waals surface area contributed by atoms with E-state index < -0.39 is 0 Å². The van der Waals surface area contributed by atoms with Gasteiger partial charge >= 0.3 is 0 Å². The number of nitrogens with one attached hydrogen (secondary N) is 2. The fraction of sp³-hybridized carbons (Fsp3) is 1.00. The molecule has 2 heteroatoms. The molecule has 3 fully saturated rings. The molecule has 1 aliphatic heterocycles. The zero-order valence-corrected chi connectivity index (χ0v) is 9.73. The standard InChI is InChI=1S/C13H24N2/c1-2-4-11(5-3-1)15-12-6-9-14-10-13(12)7-8-13/h11-12,14-15H,1-10H2. The molecule has 1 spiro atoms. The van der Waals surface area contributed by atoms with Crippen LogP contribution in [0.4, 0.5) is 0 Å². The van der Waals surface area contributed by atoms with Crippen molar-refractivity contribution in [2.45, 2.75) is 63.5 Å². The Morgan fingerprint density at radius 3 is 2.53 bits per heavy atom. The fourth-order valence-corrected chi connectivity index (χ4v) is 3.51. The average Bonchev–Trinajstić information content (AvgIpc) is 3.04. The lowest BCUT2D eigenvalue weighted by Crippen LogP contribution is -2.52. The van der Waals surface area contributed by atoms with E-state index >= 15 is 0 Å². The number of hydrogen-bond acceptors (Lipinski definition) is 2. The van der Waals surface area contributed by atoms with Gasteiger partial charge in [0.2, 0.25) is 0 Å². The van der Waals surface area contributed by atoms with Crippen LogP contribution in [0.2, 0.25) is 0 Å². The molecule has 1 heterocycles. The summed E-state index contributed by atoms with van der Waals surface area (Å²) in [5.74, 6) is 0. The molecule has 0 aromatic heterocycles. The van der Waals surface area contributed by atoms with Gasteiger partial charge in [-0.2, -0.15) is 0 Å². The van der Waals surface area contributed by atoms with Crippen LogP contribution >= 0.6 is 0 Å². The largest absolute Gasteiger partial charge is 0.316 e. The van der Waals surface area contributed by atoms with Gasteiger partial charge in [0.25, 0.3) is 0 Å². The molecule has 0 amide bonds. The summed E-state index contributed by atoms with van der Waals surface area (Å²) in [7, 11) is 0. The Labute approximate surface area is 93.2 Å². The van der Waals surface area contributed by atoms with Gasteiger partial charge in [-0.05, 0) is 44.1 Å². The van der Waals surface area contributed by atoms with Crippen LogP contribution in [0, 0.1) is 5.41 Å². The summed E-state index contributed by atoms with van der Waals surface area (Å²) in [5, 5.41) is 7.54. The van der Waals surface area contributed by atoms with Gasteiger partial charge in [-0.15, -0.1) is 0 Å².